The average Bonchev–Trinajstić information content (AvgIpc) is 3.13. The van der Waals surface area contributed by atoms with Crippen molar-refractivity contribution < 1.29 is 24.5 Å². The topological polar surface area (TPSA) is 166 Å². The van der Waals surface area contributed by atoms with E-state index in [9.17, 15) is 19.8 Å². The summed E-state index contributed by atoms with van der Waals surface area (Å²) in [5.74, 6) is -0.506. The van der Waals surface area contributed by atoms with Crippen molar-refractivity contribution in [2.45, 2.75) is 50.7 Å². The van der Waals surface area contributed by atoms with E-state index in [0.717, 1.165) is 6.42 Å². The summed E-state index contributed by atoms with van der Waals surface area (Å²) in [6.07, 6.45) is -1.46. The number of hydrogen-bond acceptors (Lipinski definition) is 9. The standard InChI is InChI=1S/C15H21N5O6/c1-2-3-4-8(21)25-5-7-10(22)11(23)14(26-7)20-6-17-9-12(20)18-15(16)19-13(9)24/h6-7,10-11,14,22-23H,2-5H2,1H3,(H3,16,18,19,24)/t7-,10?,11+,14-/m1/s1. The molecule has 2 aromatic rings. The van der Waals surface area contributed by atoms with Gasteiger partial charge in [0.05, 0.1) is 6.33 Å². The van der Waals surface area contributed by atoms with E-state index in [1.54, 1.807) is 0 Å². The lowest BCUT2D eigenvalue weighted by Gasteiger charge is -2.16. The maximum atomic E-state index is 11.8. The average molecular weight is 367 g/mol. The third kappa shape index (κ3) is 3.41. The molecule has 4 atom stereocenters. The minimum atomic E-state index is -1.32. The molecule has 0 spiro atoms. The Hall–Kier alpha value is -2.50. The molecule has 11 heteroatoms. The summed E-state index contributed by atoms with van der Waals surface area (Å²) in [6.45, 7) is 1.76. The lowest BCUT2D eigenvalue weighted by Crippen LogP contribution is -2.34. The number of rotatable bonds is 6. The van der Waals surface area contributed by atoms with Crippen LogP contribution < -0.4 is 11.3 Å². The Morgan fingerprint density at radius 1 is 1.46 bits per heavy atom. The molecule has 1 fully saturated rings. The number of aliphatic hydroxyl groups is 2. The van der Waals surface area contributed by atoms with Gasteiger partial charge in [-0.1, -0.05) is 13.3 Å². The van der Waals surface area contributed by atoms with Gasteiger partial charge in [-0.25, -0.2) is 4.98 Å². The van der Waals surface area contributed by atoms with Crippen molar-refractivity contribution in [3.8, 4) is 0 Å². The fourth-order valence-electron chi connectivity index (χ4n) is 2.79. The Bertz CT molecular complexity index is 849. The first-order valence-corrected chi connectivity index (χ1v) is 8.32. The molecule has 11 nitrogen and oxygen atoms in total. The van der Waals surface area contributed by atoms with E-state index in [0.29, 0.717) is 6.42 Å². The van der Waals surface area contributed by atoms with E-state index in [4.69, 9.17) is 15.2 Å². The Balaban J connectivity index is 1.76. The van der Waals surface area contributed by atoms with Gasteiger partial charge in [0.25, 0.3) is 5.56 Å². The van der Waals surface area contributed by atoms with Crippen molar-refractivity contribution in [2.24, 2.45) is 0 Å². The molecule has 26 heavy (non-hydrogen) atoms. The Labute approximate surface area is 147 Å². The smallest absolute Gasteiger partial charge is 0.305 e. The minimum Gasteiger partial charge on any atom is -0.463 e. The van der Waals surface area contributed by atoms with Crippen molar-refractivity contribution in [1.82, 2.24) is 19.5 Å². The second kappa shape index (κ2) is 7.40. The largest absolute Gasteiger partial charge is 0.463 e. The number of aromatic nitrogens is 4. The summed E-state index contributed by atoms with van der Waals surface area (Å²) in [4.78, 5) is 33.7. The summed E-state index contributed by atoms with van der Waals surface area (Å²) in [5, 5.41) is 20.5. The number of hydrogen-bond donors (Lipinski definition) is 4. The third-order valence-corrected chi connectivity index (χ3v) is 4.21. The minimum absolute atomic E-state index is 0.0268. The number of esters is 1. The zero-order chi connectivity index (χ0) is 18.8. The zero-order valence-electron chi connectivity index (χ0n) is 14.2. The van der Waals surface area contributed by atoms with Gasteiger partial charge in [0.1, 0.15) is 24.9 Å². The van der Waals surface area contributed by atoms with Crippen molar-refractivity contribution in [1.29, 1.82) is 0 Å². The first-order valence-electron chi connectivity index (χ1n) is 8.32. The van der Waals surface area contributed by atoms with Gasteiger partial charge in [0, 0.05) is 6.42 Å². The van der Waals surface area contributed by atoms with Crippen LogP contribution in [0.3, 0.4) is 0 Å². The number of unbranched alkanes of at least 4 members (excludes halogenated alkanes) is 1. The van der Waals surface area contributed by atoms with Gasteiger partial charge in [0.2, 0.25) is 5.95 Å². The normalized spacial score (nSPS) is 25.7. The van der Waals surface area contributed by atoms with Crippen LogP contribution in [0.25, 0.3) is 11.2 Å². The number of nitrogen functional groups attached to an aromatic ring is 1. The van der Waals surface area contributed by atoms with Crippen LogP contribution in [-0.2, 0) is 14.3 Å². The second-order valence-electron chi connectivity index (χ2n) is 6.11. The van der Waals surface area contributed by atoms with E-state index in [-0.39, 0.29) is 30.1 Å². The molecule has 2 aromatic heterocycles. The summed E-state index contributed by atoms with van der Waals surface area (Å²) in [5.41, 5.74) is 5.16. The van der Waals surface area contributed by atoms with Crippen LogP contribution in [0.4, 0.5) is 5.95 Å². The molecule has 0 aromatic carbocycles. The van der Waals surface area contributed by atoms with Crippen LogP contribution in [0.2, 0.25) is 0 Å². The van der Waals surface area contributed by atoms with Crippen molar-refractivity contribution >= 4 is 23.1 Å². The second-order valence-corrected chi connectivity index (χ2v) is 6.11. The predicted molar refractivity (Wildman–Crippen MR) is 89.0 cm³/mol. The van der Waals surface area contributed by atoms with Gasteiger partial charge in [-0.3, -0.25) is 19.1 Å². The predicted octanol–water partition coefficient (Wildman–Crippen LogP) is -0.946. The van der Waals surface area contributed by atoms with Crippen LogP contribution in [0, 0.1) is 0 Å². The molecule has 1 aliphatic rings. The highest BCUT2D eigenvalue weighted by Crippen LogP contribution is 2.31. The Morgan fingerprint density at radius 3 is 2.96 bits per heavy atom. The summed E-state index contributed by atoms with van der Waals surface area (Å²) in [6, 6.07) is 0. The number of carbonyl (C=O) groups is 1. The molecule has 0 radical (unpaired) electrons. The van der Waals surface area contributed by atoms with Crippen LogP contribution in [0.15, 0.2) is 11.1 Å². The van der Waals surface area contributed by atoms with E-state index in [2.05, 4.69) is 15.0 Å². The van der Waals surface area contributed by atoms with Gasteiger partial charge >= 0.3 is 5.97 Å². The SMILES string of the molecule is CCCCC(=O)OC[C@H]1O[C@@H](n2cnc3c(=O)[nH]c(N)nc32)[C@@H](O)C1O. The van der Waals surface area contributed by atoms with Gasteiger partial charge in [0.15, 0.2) is 17.4 Å². The maximum Gasteiger partial charge on any atom is 0.305 e. The van der Waals surface area contributed by atoms with Gasteiger partial charge < -0.3 is 25.4 Å². The van der Waals surface area contributed by atoms with Crippen LogP contribution in [-0.4, -0.2) is 60.6 Å². The van der Waals surface area contributed by atoms with E-state index in [1.165, 1.54) is 10.9 Å². The number of H-pyrrole nitrogens is 1. The highest BCUT2D eigenvalue weighted by Gasteiger charge is 2.45. The number of fused-ring (bicyclic) bond motifs is 1. The van der Waals surface area contributed by atoms with Crippen LogP contribution >= 0.6 is 0 Å². The zero-order valence-corrected chi connectivity index (χ0v) is 14.2. The third-order valence-electron chi connectivity index (χ3n) is 4.21. The number of anilines is 1. The quantitative estimate of drug-likeness (QED) is 0.471. The fourth-order valence-corrected chi connectivity index (χ4v) is 2.79. The van der Waals surface area contributed by atoms with Gasteiger partial charge in [-0.05, 0) is 6.42 Å². The first kappa shape index (κ1) is 18.3. The summed E-state index contributed by atoms with van der Waals surface area (Å²) in [7, 11) is 0. The highest BCUT2D eigenvalue weighted by atomic mass is 16.6. The van der Waals surface area contributed by atoms with Crippen molar-refractivity contribution in [3.05, 3.63) is 16.7 Å². The molecular weight excluding hydrogens is 346 g/mol. The number of carbonyl (C=O) groups excluding carboxylic acids is 1. The molecule has 0 saturated carbocycles. The van der Waals surface area contributed by atoms with Crippen molar-refractivity contribution in [3.63, 3.8) is 0 Å². The van der Waals surface area contributed by atoms with E-state index in [1.807, 2.05) is 6.92 Å². The molecule has 0 bridgehead atoms. The molecule has 3 heterocycles. The molecule has 0 aliphatic carbocycles. The van der Waals surface area contributed by atoms with Crippen LogP contribution in [0.1, 0.15) is 32.4 Å². The molecule has 5 N–H and O–H groups in total. The van der Waals surface area contributed by atoms with E-state index >= 15 is 0 Å². The molecule has 3 rings (SSSR count). The van der Waals surface area contributed by atoms with Crippen LogP contribution in [0.5, 0.6) is 0 Å². The lowest BCUT2D eigenvalue weighted by atomic mass is 10.1. The fraction of sp³-hybridized carbons (Fsp3) is 0.600. The molecule has 1 unspecified atom stereocenters. The summed E-state index contributed by atoms with van der Waals surface area (Å²) >= 11 is 0. The number of imidazole rings is 1. The number of nitrogens with two attached hydrogens (primary N) is 1. The summed E-state index contributed by atoms with van der Waals surface area (Å²) < 4.78 is 12.0. The van der Waals surface area contributed by atoms with Gasteiger partial charge in [-0.2, -0.15) is 4.98 Å². The number of aliphatic hydroxyl groups excluding tert-OH is 2. The number of nitrogens with zero attached hydrogens (tertiary/aromatic N) is 3. The number of ether oxygens (including phenoxy) is 2. The molecule has 1 aliphatic heterocycles. The number of nitrogens with one attached hydrogen (secondary N) is 1. The molecule has 0 amide bonds. The molecule has 142 valence electrons. The maximum absolute atomic E-state index is 11.8. The monoisotopic (exact) mass is 367 g/mol. The van der Waals surface area contributed by atoms with Gasteiger partial charge in [-0.15, -0.1) is 0 Å². The molecular formula is C15H21N5O6. The molecule has 1 saturated heterocycles. The van der Waals surface area contributed by atoms with E-state index < -0.39 is 36.1 Å². The lowest BCUT2D eigenvalue weighted by molar-refractivity contribution is -0.150. The Kier molecular flexibility index (Phi) is 5.20. The number of aromatic amines is 1. The van der Waals surface area contributed by atoms with Crippen molar-refractivity contribution in [2.75, 3.05) is 12.3 Å². The Morgan fingerprint density at radius 2 is 2.23 bits per heavy atom. The first-order chi connectivity index (χ1) is 12.4. The highest BCUT2D eigenvalue weighted by molar-refractivity contribution is 5.70.